The number of halogens is 1. The maximum absolute atomic E-state index is 5.91. The smallest absolute Gasteiger partial charge is 0.175 e. The van der Waals surface area contributed by atoms with Crippen LogP contribution in [0.4, 0.5) is 0 Å². The van der Waals surface area contributed by atoms with Crippen molar-refractivity contribution in [3.05, 3.63) is 22.2 Å². The normalized spacial score (nSPS) is 22.5. The fraction of sp³-hybridized carbons (Fsp3) is 0.600. The number of nitrogens with one attached hydrogen (secondary N) is 1. The van der Waals surface area contributed by atoms with Gasteiger partial charge in [-0.25, -0.2) is 0 Å². The Kier molecular flexibility index (Phi) is 3.99. The molecule has 2 aliphatic rings. The van der Waals surface area contributed by atoms with E-state index < -0.39 is 0 Å². The molecule has 0 aromatic heterocycles. The lowest BCUT2D eigenvalue weighted by Gasteiger charge is -2.16. The Labute approximate surface area is 122 Å². The molecule has 1 N–H and O–H groups in total. The van der Waals surface area contributed by atoms with Gasteiger partial charge in [-0.2, -0.15) is 0 Å². The summed E-state index contributed by atoms with van der Waals surface area (Å²) in [7, 11) is 1.71. The third kappa shape index (κ3) is 3.06. The van der Waals surface area contributed by atoms with Crippen molar-refractivity contribution in [3.8, 4) is 11.5 Å². The Hall–Kier alpha value is -0.740. The molecule has 4 heteroatoms. The predicted molar refractivity (Wildman–Crippen MR) is 79.1 cm³/mol. The number of hydrogen-bond donors (Lipinski definition) is 1. The molecule has 0 bridgehead atoms. The van der Waals surface area contributed by atoms with Gasteiger partial charge in [0.05, 0.1) is 18.2 Å². The molecule has 1 aromatic rings. The Morgan fingerprint density at radius 3 is 2.79 bits per heavy atom. The van der Waals surface area contributed by atoms with Crippen LogP contribution in [0.3, 0.4) is 0 Å². The highest BCUT2D eigenvalue weighted by Gasteiger charge is 2.24. The van der Waals surface area contributed by atoms with E-state index in [9.17, 15) is 0 Å². The van der Waals surface area contributed by atoms with Gasteiger partial charge < -0.3 is 14.8 Å². The molecule has 3 nitrogen and oxygen atoms in total. The van der Waals surface area contributed by atoms with Gasteiger partial charge in [0, 0.05) is 6.54 Å². The first kappa shape index (κ1) is 13.3. The van der Waals surface area contributed by atoms with Gasteiger partial charge in [0.1, 0.15) is 0 Å². The predicted octanol–water partition coefficient (Wildman–Crippen LogP) is 3.32. The molecule has 1 saturated carbocycles. The fourth-order valence-corrected chi connectivity index (χ4v) is 3.11. The zero-order valence-corrected chi connectivity index (χ0v) is 12.8. The van der Waals surface area contributed by atoms with Crippen LogP contribution in [0, 0.1) is 5.92 Å². The molecule has 1 heterocycles. The van der Waals surface area contributed by atoms with E-state index in [2.05, 4.69) is 33.4 Å². The number of hydrogen-bond acceptors (Lipinski definition) is 3. The average molecular weight is 326 g/mol. The van der Waals surface area contributed by atoms with Crippen molar-refractivity contribution in [1.82, 2.24) is 5.32 Å². The molecule has 0 radical (unpaired) electrons. The monoisotopic (exact) mass is 325 g/mol. The minimum absolute atomic E-state index is 0.586. The maximum Gasteiger partial charge on any atom is 0.175 e. The minimum Gasteiger partial charge on any atom is -0.493 e. The van der Waals surface area contributed by atoms with Gasteiger partial charge in [-0.05, 0) is 71.3 Å². The molecule has 0 spiro atoms. The van der Waals surface area contributed by atoms with Gasteiger partial charge in [0.15, 0.2) is 11.5 Å². The molecular weight excluding hydrogens is 306 g/mol. The molecule has 1 atom stereocenters. The maximum atomic E-state index is 5.91. The lowest BCUT2D eigenvalue weighted by Crippen LogP contribution is -2.08. The van der Waals surface area contributed by atoms with Crippen LogP contribution in [-0.4, -0.2) is 26.8 Å². The number of methoxy groups -OCH3 is 1. The second-order valence-electron chi connectivity index (χ2n) is 5.48. The van der Waals surface area contributed by atoms with E-state index in [0.29, 0.717) is 5.92 Å². The number of rotatable bonds is 5. The van der Waals surface area contributed by atoms with Crippen molar-refractivity contribution >= 4 is 15.9 Å². The van der Waals surface area contributed by atoms with Crippen LogP contribution in [-0.2, 0) is 0 Å². The molecule has 104 valence electrons. The summed E-state index contributed by atoms with van der Waals surface area (Å²) in [5.41, 5.74) is 1.33. The van der Waals surface area contributed by atoms with Crippen molar-refractivity contribution < 1.29 is 9.47 Å². The van der Waals surface area contributed by atoms with E-state index in [1.807, 2.05) is 0 Å². The molecule has 1 saturated heterocycles. The lowest BCUT2D eigenvalue weighted by atomic mass is 9.98. The molecule has 3 rings (SSSR count). The molecular formula is C15H20BrNO2. The first-order valence-corrected chi connectivity index (χ1v) is 7.78. The summed E-state index contributed by atoms with van der Waals surface area (Å²) in [4.78, 5) is 0. The van der Waals surface area contributed by atoms with Crippen LogP contribution >= 0.6 is 15.9 Å². The molecule has 1 aliphatic carbocycles. The fourth-order valence-electron chi connectivity index (χ4n) is 2.54. The molecule has 0 amide bonds. The van der Waals surface area contributed by atoms with E-state index in [1.54, 1.807) is 7.11 Å². The summed E-state index contributed by atoms with van der Waals surface area (Å²) >= 11 is 3.63. The zero-order chi connectivity index (χ0) is 13.2. The van der Waals surface area contributed by atoms with Crippen LogP contribution < -0.4 is 14.8 Å². The highest BCUT2D eigenvalue weighted by atomic mass is 79.9. The molecule has 1 aromatic carbocycles. The van der Waals surface area contributed by atoms with Crippen molar-refractivity contribution in [2.24, 2.45) is 5.92 Å². The highest BCUT2D eigenvalue weighted by Crippen LogP contribution is 2.41. The second-order valence-corrected chi connectivity index (χ2v) is 6.33. The lowest BCUT2D eigenvalue weighted by molar-refractivity contribution is 0.278. The van der Waals surface area contributed by atoms with Gasteiger partial charge in [-0.3, -0.25) is 0 Å². The minimum atomic E-state index is 0.586. The standard InChI is InChI=1S/C15H20BrNO2/c1-18-14-7-12(11-4-5-17-8-11)6-13(16)15(14)19-9-10-2-3-10/h6-7,10-11,17H,2-5,8-9H2,1H3. The van der Waals surface area contributed by atoms with Crippen LogP contribution in [0.25, 0.3) is 0 Å². The van der Waals surface area contributed by atoms with Gasteiger partial charge >= 0.3 is 0 Å². The summed E-state index contributed by atoms with van der Waals surface area (Å²) in [5.74, 6) is 3.03. The van der Waals surface area contributed by atoms with Crippen molar-refractivity contribution in [1.29, 1.82) is 0 Å². The molecule has 1 aliphatic heterocycles. The highest BCUT2D eigenvalue weighted by molar-refractivity contribution is 9.10. The van der Waals surface area contributed by atoms with Crippen LogP contribution in [0.15, 0.2) is 16.6 Å². The largest absolute Gasteiger partial charge is 0.493 e. The number of ether oxygens (including phenoxy) is 2. The summed E-state index contributed by atoms with van der Waals surface area (Å²) < 4.78 is 12.4. The van der Waals surface area contributed by atoms with Crippen LogP contribution in [0.1, 0.15) is 30.7 Å². The first-order valence-electron chi connectivity index (χ1n) is 6.99. The van der Waals surface area contributed by atoms with E-state index in [1.165, 1.54) is 24.8 Å². The van der Waals surface area contributed by atoms with E-state index in [0.717, 1.165) is 41.6 Å². The number of benzene rings is 1. The quantitative estimate of drug-likeness (QED) is 0.900. The Morgan fingerprint density at radius 2 is 2.16 bits per heavy atom. The summed E-state index contributed by atoms with van der Waals surface area (Å²) in [6.07, 6.45) is 3.79. The average Bonchev–Trinajstić information content (AvgIpc) is 3.08. The van der Waals surface area contributed by atoms with Gasteiger partial charge in [0.25, 0.3) is 0 Å². The van der Waals surface area contributed by atoms with Crippen LogP contribution in [0.2, 0.25) is 0 Å². The Morgan fingerprint density at radius 1 is 1.32 bits per heavy atom. The first-order chi connectivity index (χ1) is 9.28. The molecule has 2 fully saturated rings. The summed E-state index contributed by atoms with van der Waals surface area (Å²) in [5, 5.41) is 3.40. The zero-order valence-electron chi connectivity index (χ0n) is 11.2. The van der Waals surface area contributed by atoms with E-state index >= 15 is 0 Å². The topological polar surface area (TPSA) is 30.5 Å². The van der Waals surface area contributed by atoms with E-state index in [-0.39, 0.29) is 0 Å². The molecule has 19 heavy (non-hydrogen) atoms. The Balaban J connectivity index is 1.82. The third-order valence-electron chi connectivity index (χ3n) is 3.94. The van der Waals surface area contributed by atoms with Gasteiger partial charge in [-0.15, -0.1) is 0 Å². The van der Waals surface area contributed by atoms with E-state index in [4.69, 9.17) is 9.47 Å². The van der Waals surface area contributed by atoms with Crippen LogP contribution in [0.5, 0.6) is 11.5 Å². The Bertz CT molecular complexity index is 454. The van der Waals surface area contributed by atoms with Crippen molar-refractivity contribution in [3.63, 3.8) is 0 Å². The SMILES string of the molecule is COc1cc(C2CCNC2)cc(Br)c1OCC1CC1. The van der Waals surface area contributed by atoms with Crippen molar-refractivity contribution in [2.75, 3.05) is 26.8 Å². The summed E-state index contributed by atoms with van der Waals surface area (Å²) in [6.45, 7) is 2.96. The van der Waals surface area contributed by atoms with Crippen molar-refractivity contribution in [2.45, 2.75) is 25.2 Å². The van der Waals surface area contributed by atoms with Gasteiger partial charge in [-0.1, -0.05) is 0 Å². The molecule has 1 unspecified atom stereocenters. The second kappa shape index (κ2) is 5.71. The third-order valence-corrected chi connectivity index (χ3v) is 4.53. The van der Waals surface area contributed by atoms with Gasteiger partial charge in [0.2, 0.25) is 0 Å². The summed E-state index contributed by atoms with van der Waals surface area (Å²) in [6, 6.07) is 4.31.